The fourth-order valence-corrected chi connectivity index (χ4v) is 0.773. The minimum atomic E-state index is -0.815. The normalized spacial score (nSPS) is 11.7. The molecule has 1 aromatic carbocycles. The number of hydrogen-bond acceptors (Lipinski definition) is 1. The largest absolute Gasteiger partial charge is 0.381 e. The molecule has 0 heterocycles. The summed E-state index contributed by atoms with van der Waals surface area (Å²) in [5.41, 5.74) is 0.0855. The molecule has 0 saturated heterocycles. The lowest BCUT2D eigenvalue weighted by molar-refractivity contribution is 0.253. The molecule has 13 heavy (non-hydrogen) atoms. The van der Waals surface area contributed by atoms with Gasteiger partial charge in [-0.3, -0.25) is 0 Å². The Labute approximate surface area is 75.0 Å². The van der Waals surface area contributed by atoms with Crippen LogP contribution in [0, 0.1) is 23.5 Å². The van der Waals surface area contributed by atoms with Crippen LogP contribution >= 0.6 is 0 Å². The number of aliphatic hydroxyl groups excluding tert-OH is 1. The zero-order valence-corrected chi connectivity index (χ0v) is 7.01. The summed E-state index contributed by atoms with van der Waals surface area (Å²) in [5.74, 6) is 3.41. The van der Waals surface area contributed by atoms with Crippen molar-refractivity contribution in [1.29, 1.82) is 0 Å². The van der Waals surface area contributed by atoms with E-state index in [1.807, 2.05) is 0 Å². The highest BCUT2D eigenvalue weighted by atomic mass is 19.1. The van der Waals surface area contributed by atoms with Crippen LogP contribution in [0.15, 0.2) is 18.2 Å². The first-order chi connectivity index (χ1) is 6.09. The van der Waals surface area contributed by atoms with Crippen molar-refractivity contribution in [3.05, 3.63) is 35.4 Å². The fraction of sp³-hybridized carbons (Fsp3) is 0.200. The Kier molecular flexibility index (Phi) is 2.99. The lowest BCUT2D eigenvalue weighted by atomic mass is 10.2. The van der Waals surface area contributed by atoms with E-state index in [9.17, 15) is 8.78 Å². The summed E-state index contributed by atoms with van der Waals surface area (Å²) in [4.78, 5) is 0. The van der Waals surface area contributed by atoms with Crippen molar-refractivity contribution in [2.45, 2.75) is 13.0 Å². The van der Waals surface area contributed by atoms with Gasteiger partial charge in [-0.1, -0.05) is 11.8 Å². The SMILES string of the molecule is CC(O)C#Cc1ccc(F)cc1F. The summed E-state index contributed by atoms with van der Waals surface area (Å²) >= 11 is 0. The summed E-state index contributed by atoms with van der Waals surface area (Å²) in [7, 11) is 0. The highest BCUT2D eigenvalue weighted by molar-refractivity contribution is 5.36. The molecular weight excluding hydrogens is 174 g/mol. The van der Waals surface area contributed by atoms with Crippen LogP contribution in [0.3, 0.4) is 0 Å². The first-order valence-electron chi connectivity index (χ1n) is 3.74. The second-order valence-corrected chi connectivity index (χ2v) is 2.57. The van der Waals surface area contributed by atoms with Crippen LogP contribution in [0.1, 0.15) is 12.5 Å². The number of benzene rings is 1. The lowest BCUT2D eigenvalue weighted by Crippen LogP contribution is -1.93. The average molecular weight is 182 g/mol. The van der Waals surface area contributed by atoms with E-state index in [1.165, 1.54) is 13.0 Å². The van der Waals surface area contributed by atoms with Crippen LogP contribution in [0.25, 0.3) is 0 Å². The summed E-state index contributed by atoms with van der Waals surface area (Å²) in [5, 5.41) is 8.79. The highest BCUT2D eigenvalue weighted by Crippen LogP contribution is 2.07. The van der Waals surface area contributed by atoms with E-state index in [0.29, 0.717) is 0 Å². The van der Waals surface area contributed by atoms with Gasteiger partial charge in [0.1, 0.15) is 17.7 Å². The van der Waals surface area contributed by atoms with Crippen molar-refractivity contribution in [3.8, 4) is 11.8 Å². The second-order valence-electron chi connectivity index (χ2n) is 2.57. The van der Waals surface area contributed by atoms with Crippen LogP contribution in [-0.2, 0) is 0 Å². The average Bonchev–Trinajstić information content (AvgIpc) is 2.02. The maximum atomic E-state index is 12.9. The van der Waals surface area contributed by atoms with Gasteiger partial charge in [-0.15, -0.1) is 0 Å². The van der Waals surface area contributed by atoms with Gasteiger partial charge < -0.3 is 5.11 Å². The molecule has 0 fully saturated rings. The third-order valence-electron chi connectivity index (χ3n) is 1.35. The Morgan fingerprint density at radius 2 is 2.08 bits per heavy atom. The van der Waals surface area contributed by atoms with Crippen molar-refractivity contribution < 1.29 is 13.9 Å². The molecule has 1 aromatic rings. The van der Waals surface area contributed by atoms with Crippen LogP contribution in [0.2, 0.25) is 0 Å². The fourth-order valence-electron chi connectivity index (χ4n) is 0.773. The Balaban J connectivity index is 2.98. The first kappa shape index (κ1) is 9.69. The summed E-state index contributed by atoms with van der Waals surface area (Å²) in [6.07, 6.45) is -0.815. The topological polar surface area (TPSA) is 20.2 Å². The highest BCUT2D eigenvalue weighted by Gasteiger charge is 1.99. The third kappa shape index (κ3) is 2.85. The van der Waals surface area contributed by atoms with Crippen molar-refractivity contribution in [2.75, 3.05) is 0 Å². The first-order valence-corrected chi connectivity index (χ1v) is 3.74. The molecule has 0 aliphatic carbocycles. The predicted octanol–water partition coefficient (Wildman–Crippen LogP) is 1.70. The molecule has 3 heteroatoms. The van der Waals surface area contributed by atoms with Gasteiger partial charge >= 0.3 is 0 Å². The minimum absolute atomic E-state index is 0.0855. The van der Waals surface area contributed by atoms with Gasteiger partial charge in [-0.2, -0.15) is 0 Å². The van der Waals surface area contributed by atoms with Gasteiger partial charge in [0.05, 0.1) is 5.56 Å². The van der Waals surface area contributed by atoms with Gasteiger partial charge in [0.2, 0.25) is 0 Å². The Bertz CT molecular complexity index is 361. The number of rotatable bonds is 0. The number of hydrogen-bond donors (Lipinski definition) is 1. The molecule has 0 aliphatic heterocycles. The van der Waals surface area contributed by atoms with Gasteiger partial charge in [-0.25, -0.2) is 8.78 Å². The summed E-state index contributed by atoms with van der Waals surface area (Å²) in [6, 6.07) is 3.11. The number of halogens is 2. The van der Waals surface area contributed by atoms with Gasteiger partial charge in [0.15, 0.2) is 0 Å². The molecule has 1 N–H and O–H groups in total. The van der Waals surface area contributed by atoms with Crippen LogP contribution in [0.5, 0.6) is 0 Å². The van der Waals surface area contributed by atoms with E-state index < -0.39 is 17.7 Å². The van der Waals surface area contributed by atoms with Crippen LogP contribution in [0.4, 0.5) is 8.78 Å². The monoisotopic (exact) mass is 182 g/mol. The van der Waals surface area contributed by atoms with Gasteiger partial charge in [0, 0.05) is 6.07 Å². The third-order valence-corrected chi connectivity index (χ3v) is 1.35. The maximum Gasteiger partial charge on any atom is 0.141 e. The van der Waals surface area contributed by atoms with Crippen molar-refractivity contribution >= 4 is 0 Å². The smallest absolute Gasteiger partial charge is 0.141 e. The van der Waals surface area contributed by atoms with Crippen molar-refractivity contribution in [2.24, 2.45) is 0 Å². The molecule has 0 radical (unpaired) electrons. The minimum Gasteiger partial charge on any atom is -0.381 e. The Morgan fingerprint density at radius 1 is 1.38 bits per heavy atom. The van der Waals surface area contributed by atoms with E-state index in [2.05, 4.69) is 11.8 Å². The van der Waals surface area contributed by atoms with E-state index in [-0.39, 0.29) is 5.56 Å². The Hall–Kier alpha value is -1.40. The molecule has 1 rings (SSSR count). The van der Waals surface area contributed by atoms with Crippen molar-refractivity contribution in [3.63, 3.8) is 0 Å². The standard InChI is InChI=1S/C10H8F2O/c1-7(13)2-3-8-4-5-9(11)6-10(8)12/h4-7,13H,1H3. The van der Waals surface area contributed by atoms with E-state index in [0.717, 1.165) is 12.1 Å². The summed E-state index contributed by atoms with van der Waals surface area (Å²) in [6.45, 7) is 1.47. The molecule has 0 spiro atoms. The summed E-state index contributed by atoms with van der Waals surface area (Å²) < 4.78 is 25.3. The second kappa shape index (κ2) is 4.01. The van der Waals surface area contributed by atoms with Gasteiger partial charge in [0.25, 0.3) is 0 Å². The molecule has 0 saturated carbocycles. The van der Waals surface area contributed by atoms with E-state index in [4.69, 9.17) is 5.11 Å². The maximum absolute atomic E-state index is 12.9. The zero-order chi connectivity index (χ0) is 9.84. The number of aliphatic hydroxyl groups is 1. The molecule has 0 aliphatic rings. The van der Waals surface area contributed by atoms with Crippen molar-refractivity contribution in [1.82, 2.24) is 0 Å². The predicted molar refractivity (Wildman–Crippen MR) is 44.9 cm³/mol. The molecular formula is C10H8F2O. The quantitative estimate of drug-likeness (QED) is 0.605. The molecule has 1 nitrogen and oxygen atoms in total. The molecule has 0 amide bonds. The molecule has 0 bridgehead atoms. The van der Waals surface area contributed by atoms with Crippen LogP contribution < -0.4 is 0 Å². The molecule has 0 aromatic heterocycles. The molecule has 68 valence electrons. The molecule has 1 atom stereocenters. The van der Waals surface area contributed by atoms with Crippen LogP contribution in [-0.4, -0.2) is 11.2 Å². The zero-order valence-electron chi connectivity index (χ0n) is 7.01. The molecule has 1 unspecified atom stereocenters. The van der Waals surface area contributed by atoms with E-state index >= 15 is 0 Å². The van der Waals surface area contributed by atoms with E-state index in [1.54, 1.807) is 0 Å². The Morgan fingerprint density at radius 3 is 2.62 bits per heavy atom. The van der Waals surface area contributed by atoms with Gasteiger partial charge in [-0.05, 0) is 19.1 Å². The lowest BCUT2D eigenvalue weighted by Gasteiger charge is -1.94.